The number of hydrogen-bond donors (Lipinski definition) is 1. The predicted molar refractivity (Wildman–Crippen MR) is 93.8 cm³/mol. The van der Waals surface area contributed by atoms with Crippen molar-refractivity contribution in [3.8, 4) is 0 Å². The van der Waals surface area contributed by atoms with E-state index in [2.05, 4.69) is 46.3 Å². The van der Waals surface area contributed by atoms with Crippen molar-refractivity contribution < 1.29 is 9.53 Å². The van der Waals surface area contributed by atoms with Crippen molar-refractivity contribution in [2.75, 3.05) is 44.2 Å². The summed E-state index contributed by atoms with van der Waals surface area (Å²) in [5, 5.41) is 3.04. The van der Waals surface area contributed by atoms with Gasteiger partial charge < -0.3 is 15.0 Å². The summed E-state index contributed by atoms with van der Waals surface area (Å²) in [5.74, 6) is -0.0257. The molecule has 1 saturated heterocycles. The Kier molecular flexibility index (Phi) is 6.86. The van der Waals surface area contributed by atoms with Crippen LogP contribution >= 0.6 is 0 Å². The van der Waals surface area contributed by atoms with Crippen molar-refractivity contribution in [1.82, 2.24) is 10.2 Å². The van der Waals surface area contributed by atoms with E-state index >= 15 is 0 Å². The van der Waals surface area contributed by atoms with E-state index in [0.29, 0.717) is 6.61 Å². The van der Waals surface area contributed by atoms with Gasteiger partial charge in [-0.05, 0) is 32.9 Å². The van der Waals surface area contributed by atoms with Crippen molar-refractivity contribution >= 4 is 11.6 Å². The van der Waals surface area contributed by atoms with E-state index in [0.717, 1.165) is 32.7 Å². The standard InChI is InChI=1S/C18H29N3O2/c1-4-23-16(3)18(22)19-15(2)14-20-10-12-21(13-11-20)17-8-6-5-7-9-17/h5-9,15-16H,4,10-14H2,1-3H3,(H,19,22). The molecule has 2 unspecified atom stereocenters. The number of nitrogens with one attached hydrogen (secondary N) is 1. The number of rotatable bonds is 7. The van der Waals surface area contributed by atoms with Crippen molar-refractivity contribution in [2.24, 2.45) is 0 Å². The highest BCUT2D eigenvalue weighted by Crippen LogP contribution is 2.15. The van der Waals surface area contributed by atoms with E-state index in [1.165, 1.54) is 5.69 Å². The van der Waals surface area contributed by atoms with Crippen LogP contribution in [0, 0.1) is 0 Å². The first kappa shape index (κ1) is 17.8. The van der Waals surface area contributed by atoms with Gasteiger partial charge in [-0.3, -0.25) is 9.69 Å². The summed E-state index contributed by atoms with van der Waals surface area (Å²) in [6.07, 6.45) is -0.377. The second-order valence-electron chi connectivity index (χ2n) is 6.13. The minimum absolute atomic E-state index is 0.0257. The fourth-order valence-electron chi connectivity index (χ4n) is 2.95. The molecule has 5 heteroatoms. The number of ether oxygens (including phenoxy) is 1. The van der Waals surface area contributed by atoms with Gasteiger partial charge in [0.15, 0.2) is 0 Å². The largest absolute Gasteiger partial charge is 0.369 e. The highest BCUT2D eigenvalue weighted by molar-refractivity contribution is 5.80. The SMILES string of the molecule is CCOC(C)C(=O)NC(C)CN1CCN(c2ccccc2)CC1. The smallest absolute Gasteiger partial charge is 0.249 e. The molecule has 1 aliphatic heterocycles. The fraction of sp³-hybridized carbons (Fsp3) is 0.611. The lowest BCUT2D eigenvalue weighted by Crippen LogP contribution is -2.51. The van der Waals surface area contributed by atoms with E-state index < -0.39 is 0 Å². The first-order chi connectivity index (χ1) is 11.1. The van der Waals surface area contributed by atoms with Gasteiger partial charge >= 0.3 is 0 Å². The van der Waals surface area contributed by atoms with Gasteiger partial charge in [-0.15, -0.1) is 0 Å². The second kappa shape index (κ2) is 8.89. The molecule has 2 rings (SSSR count). The third-order valence-corrected chi connectivity index (χ3v) is 4.20. The number of nitrogens with zero attached hydrogens (tertiary/aromatic N) is 2. The van der Waals surface area contributed by atoms with Crippen LogP contribution in [0.4, 0.5) is 5.69 Å². The number of hydrogen-bond acceptors (Lipinski definition) is 4. The van der Waals surface area contributed by atoms with Crippen LogP contribution in [-0.2, 0) is 9.53 Å². The lowest BCUT2D eigenvalue weighted by Gasteiger charge is -2.37. The minimum Gasteiger partial charge on any atom is -0.369 e. The van der Waals surface area contributed by atoms with Gasteiger partial charge in [0, 0.05) is 51.1 Å². The molecule has 1 N–H and O–H groups in total. The predicted octanol–water partition coefficient (Wildman–Crippen LogP) is 1.74. The van der Waals surface area contributed by atoms with Gasteiger partial charge in [-0.1, -0.05) is 18.2 Å². The van der Waals surface area contributed by atoms with E-state index in [1.807, 2.05) is 13.0 Å². The maximum atomic E-state index is 12.0. The molecule has 1 aliphatic rings. The van der Waals surface area contributed by atoms with Crippen LogP contribution in [0.3, 0.4) is 0 Å². The van der Waals surface area contributed by atoms with Crippen LogP contribution in [0.1, 0.15) is 20.8 Å². The van der Waals surface area contributed by atoms with Crippen LogP contribution < -0.4 is 10.2 Å². The molecule has 2 atom stereocenters. The Balaban J connectivity index is 1.72. The molecule has 0 bridgehead atoms. The number of benzene rings is 1. The van der Waals surface area contributed by atoms with Crippen molar-refractivity contribution in [3.05, 3.63) is 30.3 Å². The number of amides is 1. The quantitative estimate of drug-likeness (QED) is 0.831. The maximum Gasteiger partial charge on any atom is 0.249 e. The van der Waals surface area contributed by atoms with E-state index in [4.69, 9.17) is 4.74 Å². The fourth-order valence-corrected chi connectivity index (χ4v) is 2.95. The summed E-state index contributed by atoms with van der Waals surface area (Å²) in [6, 6.07) is 10.7. The Hall–Kier alpha value is -1.59. The first-order valence-corrected chi connectivity index (χ1v) is 8.54. The van der Waals surface area contributed by atoms with Crippen LogP contribution in [0.5, 0.6) is 0 Å². The van der Waals surface area contributed by atoms with Gasteiger partial charge in [-0.2, -0.15) is 0 Å². The Bertz CT molecular complexity index is 472. The first-order valence-electron chi connectivity index (χ1n) is 8.54. The van der Waals surface area contributed by atoms with E-state index in [9.17, 15) is 4.79 Å². The number of carbonyl (C=O) groups excluding carboxylic acids is 1. The molecule has 5 nitrogen and oxygen atoms in total. The van der Waals surface area contributed by atoms with Gasteiger partial charge in [0.2, 0.25) is 5.91 Å². The van der Waals surface area contributed by atoms with E-state index in [1.54, 1.807) is 6.92 Å². The summed E-state index contributed by atoms with van der Waals surface area (Å²) in [6.45, 7) is 11.3. The number of anilines is 1. The average Bonchev–Trinajstić information content (AvgIpc) is 2.56. The normalized spacial score (nSPS) is 18.5. The topological polar surface area (TPSA) is 44.8 Å². The molecule has 0 spiro atoms. The maximum absolute atomic E-state index is 12.0. The van der Waals surface area contributed by atoms with Crippen molar-refractivity contribution in [3.63, 3.8) is 0 Å². The van der Waals surface area contributed by atoms with Gasteiger partial charge in [-0.25, -0.2) is 0 Å². The molecule has 0 aromatic heterocycles. The lowest BCUT2D eigenvalue weighted by molar-refractivity contribution is -0.132. The highest BCUT2D eigenvalue weighted by atomic mass is 16.5. The Labute approximate surface area is 139 Å². The number of carbonyl (C=O) groups is 1. The second-order valence-corrected chi connectivity index (χ2v) is 6.13. The summed E-state index contributed by atoms with van der Waals surface area (Å²) >= 11 is 0. The van der Waals surface area contributed by atoms with Crippen LogP contribution in [-0.4, -0.2) is 62.3 Å². The summed E-state index contributed by atoms with van der Waals surface area (Å²) in [7, 11) is 0. The van der Waals surface area contributed by atoms with Gasteiger partial charge in [0.25, 0.3) is 0 Å². The average molecular weight is 319 g/mol. The molecule has 23 heavy (non-hydrogen) atoms. The Morgan fingerprint density at radius 1 is 1.17 bits per heavy atom. The van der Waals surface area contributed by atoms with Crippen molar-refractivity contribution in [2.45, 2.75) is 32.9 Å². The number of piperazine rings is 1. The molecular formula is C18H29N3O2. The highest BCUT2D eigenvalue weighted by Gasteiger charge is 2.20. The van der Waals surface area contributed by atoms with Gasteiger partial charge in [0.1, 0.15) is 6.10 Å². The molecule has 1 aromatic carbocycles. The molecule has 128 valence electrons. The zero-order valence-electron chi connectivity index (χ0n) is 14.5. The lowest BCUT2D eigenvalue weighted by atomic mass is 10.2. The molecule has 1 aromatic rings. The molecule has 1 fully saturated rings. The monoisotopic (exact) mass is 319 g/mol. The van der Waals surface area contributed by atoms with Gasteiger partial charge in [0.05, 0.1) is 0 Å². The minimum atomic E-state index is -0.377. The zero-order valence-corrected chi connectivity index (χ0v) is 14.5. The summed E-state index contributed by atoms with van der Waals surface area (Å²) in [5.41, 5.74) is 1.29. The summed E-state index contributed by atoms with van der Waals surface area (Å²) in [4.78, 5) is 16.8. The molecule has 0 radical (unpaired) electrons. The van der Waals surface area contributed by atoms with Crippen LogP contribution in [0.15, 0.2) is 30.3 Å². The molecule has 1 amide bonds. The third kappa shape index (κ3) is 5.52. The van der Waals surface area contributed by atoms with Crippen LogP contribution in [0.25, 0.3) is 0 Å². The zero-order chi connectivity index (χ0) is 16.7. The Morgan fingerprint density at radius 2 is 1.83 bits per heavy atom. The third-order valence-electron chi connectivity index (χ3n) is 4.20. The van der Waals surface area contributed by atoms with Crippen LogP contribution in [0.2, 0.25) is 0 Å². The van der Waals surface area contributed by atoms with Crippen molar-refractivity contribution in [1.29, 1.82) is 0 Å². The number of para-hydroxylation sites is 1. The molecule has 0 saturated carbocycles. The molecule has 1 heterocycles. The summed E-state index contributed by atoms with van der Waals surface area (Å²) < 4.78 is 5.33. The Morgan fingerprint density at radius 3 is 2.43 bits per heavy atom. The molecule has 0 aliphatic carbocycles. The van der Waals surface area contributed by atoms with E-state index in [-0.39, 0.29) is 18.1 Å². The molecular weight excluding hydrogens is 290 g/mol.